The summed E-state index contributed by atoms with van der Waals surface area (Å²) in [4.78, 5) is 4.81. The molecule has 2 saturated carbocycles. The zero-order valence-electron chi connectivity index (χ0n) is 12.3. The van der Waals surface area contributed by atoms with E-state index in [2.05, 4.69) is 17.7 Å². The van der Waals surface area contributed by atoms with E-state index < -0.39 is 0 Å². The molecule has 4 heteroatoms. The molecule has 19 heavy (non-hydrogen) atoms. The summed E-state index contributed by atoms with van der Waals surface area (Å²) >= 11 is 0. The van der Waals surface area contributed by atoms with E-state index in [1.165, 1.54) is 64.2 Å². The van der Waals surface area contributed by atoms with E-state index in [1.54, 1.807) is 0 Å². The fraction of sp³-hybridized carbons (Fsp3) is 0.933. The van der Waals surface area contributed by atoms with Crippen molar-refractivity contribution in [1.29, 1.82) is 0 Å². The Morgan fingerprint density at radius 3 is 2.47 bits per heavy atom. The predicted octanol–water partition coefficient (Wildman–Crippen LogP) is 2.70. The maximum atomic E-state index is 5.63. The molecule has 4 N–H and O–H groups in total. The lowest BCUT2D eigenvalue weighted by molar-refractivity contribution is 0.408. The largest absolute Gasteiger partial charge is 0.353 e. The first-order valence-electron chi connectivity index (χ1n) is 8.09. The van der Waals surface area contributed by atoms with Crippen molar-refractivity contribution < 1.29 is 0 Å². The summed E-state index contributed by atoms with van der Waals surface area (Å²) in [5, 5.41) is 3.50. The van der Waals surface area contributed by atoms with Crippen LogP contribution in [-0.4, -0.2) is 18.0 Å². The molecule has 0 spiro atoms. The Kier molecular flexibility index (Phi) is 5.95. The molecule has 2 aliphatic carbocycles. The Bertz CT molecular complexity index is 284. The third-order valence-corrected chi connectivity index (χ3v) is 4.62. The maximum absolute atomic E-state index is 5.63. The van der Waals surface area contributed by atoms with Gasteiger partial charge in [0.05, 0.1) is 6.04 Å². The third-order valence-electron chi connectivity index (χ3n) is 4.62. The van der Waals surface area contributed by atoms with Crippen molar-refractivity contribution >= 4 is 5.96 Å². The van der Waals surface area contributed by atoms with Gasteiger partial charge in [0.15, 0.2) is 0 Å². The van der Waals surface area contributed by atoms with Crippen molar-refractivity contribution in [3.05, 3.63) is 0 Å². The van der Waals surface area contributed by atoms with Crippen LogP contribution in [0.25, 0.3) is 0 Å². The number of aliphatic imine (C=N–C) groups is 1. The first-order chi connectivity index (χ1) is 9.28. The highest BCUT2D eigenvalue weighted by Gasteiger charge is 2.18. The fourth-order valence-electron chi connectivity index (χ4n) is 3.34. The lowest BCUT2D eigenvalue weighted by Crippen LogP contribution is -2.47. The average molecular weight is 266 g/mol. The van der Waals surface area contributed by atoms with E-state index in [0.717, 1.165) is 11.9 Å². The first-order valence-corrected chi connectivity index (χ1v) is 8.09. The van der Waals surface area contributed by atoms with Crippen molar-refractivity contribution in [3.63, 3.8) is 0 Å². The summed E-state index contributed by atoms with van der Waals surface area (Å²) in [5.41, 5.74) is 2.77. The van der Waals surface area contributed by atoms with Crippen molar-refractivity contribution in [3.8, 4) is 0 Å². The number of hydrogen-bond acceptors (Lipinski definition) is 2. The van der Waals surface area contributed by atoms with Crippen molar-refractivity contribution in [2.75, 3.05) is 0 Å². The number of hydrazine groups is 1. The molecule has 4 nitrogen and oxygen atoms in total. The maximum Gasteiger partial charge on any atom is 0.206 e. The second kappa shape index (κ2) is 7.73. The molecule has 2 fully saturated rings. The van der Waals surface area contributed by atoms with Crippen LogP contribution in [0.3, 0.4) is 0 Å². The second-order valence-electron chi connectivity index (χ2n) is 6.37. The van der Waals surface area contributed by atoms with Crippen LogP contribution >= 0.6 is 0 Å². The molecule has 0 bridgehead atoms. The predicted molar refractivity (Wildman–Crippen MR) is 80.8 cm³/mol. The minimum absolute atomic E-state index is 0.451. The molecule has 0 aromatic heterocycles. The molecular formula is C15H30N4. The summed E-state index contributed by atoms with van der Waals surface area (Å²) in [5.74, 6) is 7.30. The van der Waals surface area contributed by atoms with Crippen molar-refractivity contribution in [2.45, 2.75) is 83.2 Å². The fourth-order valence-corrected chi connectivity index (χ4v) is 3.34. The number of nitrogens with zero attached hydrogens (tertiary/aromatic N) is 1. The van der Waals surface area contributed by atoms with E-state index in [0.29, 0.717) is 12.1 Å². The number of nitrogens with two attached hydrogens (primary N) is 1. The molecule has 0 radical (unpaired) electrons. The third kappa shape index (κ3) is 5.01. The van der Waals surface area contributed by atoms with Gasteiger partial charge in [0.1, 0.15) is 0 Å². The van der Waals surface area contributed by atoms with Crippen LogP contribution in [0.4, 0.5) is 0 Å². The summed E-state index contributed by atoms with van der Waals surface area (Å²) in [6.07, 6.45) is 12.9. The minimum atomic E-state index is 0.451. The molecule has 2 unspecified atom stereocenters. The SMILES string of the molecule is CC1CCCC(N=C(NN)NC2CCCCC2)CC1. The highest BCUT2D eigenvalue weighted by atomic mass is 15.3. The van der Waals surface area contributed by atoms with Crippen LogP contribution in [0.5, 0.6) is 0 Å². The second-order valence-corrected chi connectivity index (χ2v) is 6.37. The minimum Gasteiger partial charge on any atom is -0.353 e. The van der Waals surface area contributed by atoms with E-state index in [9.17, 15) is 0 Å². The number of nitrogens with one attached hydrogen (secondary N) is 2. The monoisotopic (exact) mass is 266 g/mol. The lowest BCUT2D eigenvalue weighted by atomic mass is 9.96. The average Bonchev–Trinajstić information content (AvgIpc) is 2.64. The van der Waals surface area contributed by atoms with Crippen molar-refractivity contribution in [2.24, 2.45) is 16.8 Å². The van der Waals surface area contributed by atoms with Crippen LogP contribution in [-0.2, 0) is 0 Å². The van der Waals surface area contributed by atoms with E-state index >= 15 is 0 Å². The molecular weight excluding hydrogens is 236 g/mol. The van der Waals surface area contributed by atoms with Gasteiger partial charge in [-0.1, -0.05) is 39.0 Å². The number of rotatable bonds is 2. The molecule has 0 aromatic rings. The highest BCUT2D eigenvalue weighted by molar-refractivity contribution is 5.79. The van der Waals surface area contributed by atoms with Gasteiger partial charge < -0.3 is 5.32 Å². The van der Waals surface area contributed by atoms with Crippen LogP contribution in [0.15, 0.2) is 4.99 Å². The van der Waals surface area contributed by atoms with Gasteiger partial charge in [-0.15, -0.1) is 0 Å². The van der Waals surface area contributed by atoms with Crippen molar-refractivity contribution in [1.82, 2.24) is 10.7 Å². The van der Waals surface area contributed by atoms with Gasteiger partial charge in [0, 0.05) is 6.04 Å². The van der Waals surface area contributed by atoms with Crippen LogP contribution in [0, 0.1) is 5.92 Å². The smallest absolute Gasteiger partial charge is 0.206 e. The molecule has 2 aliphatic rings. The van der Waals surface area contributed by atoms with Gasteiger partial charge in [0.2, 0.25) is 5.96 Å². The molecule has 0 aromatic carbocycles. The Morgan fingerprint density at radius 2 is 1.74 bits per heavy atom. The van der Waals surface area contributed by atoms with Crippen LogP contribution in [0.1, 0.15) is 71.1 Å². The number of hydrogen-bond donors (Lipinski definition) is 3. The van der Waals surface area contributed by atoms with Gasteiger partial charge in [-0.3, -0.25) is 5.43 Å². The Hall–Kier alpha value is -0.770. The Morgan fingerprint density at radius 1 is 0.947 bits per heavy atom. The molecule has 2 rings (SSSR count). The molecule has 0 heterocycles. The molecule has 2 atom stereocenters. The molecule has 110 valence electrons. The first kappa shape index (κ1) is 14.6. The standard InChI is InChI=1S/C15H30N4/c1-12-6-5-9-14(11-10-12)18-15(19-16)17-13-7-3-2-4-8-13/h12-14H,2-11,16H2,1H3,(H2,17,18,19). The van der Waals surface area contributed by atoms with Crippen LogP contribution in [0.2, 0.25) is 0 Å². The normalized spacial score (nSPS) is 30.7. The quantitative estimate of drug-likeness (QED) is 0.237. The van der Waals surface area contributed by atoms with E-state index in [4.69, 9.17) is 10.8 Å². The van der Waals surface area contributed by atoms with Gasteiger partial charge >= 0.3 is 0 Å². The topological polar surface area (TPSA) is 62.4 Å². The zero-order chi connectivity index (χ0) is 13.5. The molecule has 0 saturated heterocycles. The molecule has 0 amide bonds. The summed E-state index contributed by atoms with van der Waals surface area (Å²) in [7, 11) is 0. The van der Waals surface area contributed by atoms with Gasteiger partial charge in [-0.25, -0.2) is 10.8 Å². The van der Waals surface area contributed by atoms with Gasteiger partial charge in [0.25, 0.3) is 0 Å². The highest BCUT2D eigenvalue weighted by Crippen LogP contribution is 2.24. The van der Waals surface area contributed by atoms with Gasteiger partial charge in [-0.05, 0) is 38.0 Å². The van der Waals surface area contributed by atoms with Gasteiger partial charge in [-0.2, -0.15) is 0 Å². The molecule has 0 aliphatic heterocycles. The summed E-state index contributed by atoms with van der Waals surface area (Å²) < 4.78 is 0. The summed E-state index contributed by atoms with van der Waals surface area (Å²) in [6.45, 7) is 2.36. The lowest BCUT2D eigenvalue weighted by Gasteiger charge is -2.25. The van der Waals surface area contributed by atoms with E-state index in [1.807, 2.05) is 0 Å². The summed E-state index contributed by atoms with van der Waals surface area (Å²) in [6, 6.07) is 1.01. The number of guanidine groups is 1. The zero-order valence-corrected chi connectivity index (χ0v) is 12.3. The Balaban J connectivity index is 1.86. The van der Waals surface area contributed by atoms with Crippen LogP contribution < -0.4 is 16.6 Å². The Labute approximate surface area is 117 Å². The van der Waals surface area contributed by atoms with E-state index in [-0.39, 0.29) is 0 Å².